The number of anilines is 1. The summed E-state index contributed by atoms with van der Waals surface area (Å²) in [6, 6.07) is 9.68. The smallest absolute Gasteiger partial charge is 0.241 e. The minimum atomic E-state index is -0.288. The zero-order valence-electron chi connectivity index (χ0n) is 16.5. The Hall–Kier alpha value is -2.93. The molecule has 27 heavy (non-hydrogen) atoms. The SMILES string of the molecule is Cc1nn(C)c(C)c1NC(=O)C(C)N(C)Cc1cnn(-c2ccccc2)c1. The molecule has 0 radical (unpaired) electrons. The summed E-state index contributed by atoms with van der Waals surface area (Å²) in [5.74, 6) is -0.0489. The van der Waals surface area contributed by atoms with Gasteiger partial charge in [-0.1, -0.05) is 18.2 Å². The first-order chi connectivity index (χ1) is 12.9. The van der Waals surface area contributed by atoms with Crippen LogP contribution in [0.5, 0.6) is 0 Å². The second-order valence-electron chi connectivity index (χ2n) is 6.88. The lowest BCUT2D eigenvalue weighted by molar-refractivity contribution is -0.120. The monoisotopic (exact) mass is 366 g/mol. The third-order valence-corrected chi connectivity index (χ3v) is 4.89. The summed E-state index contributed by atoms with van der Waals surface area (Å²) in [5, 5.41) is 11.8. The number of carbonyl (C=O) groups is 1. The van der Waals surface area contributed by atoms with E-state index in [1.807, 2.05) is 87.2 Å². The van der Waals surface area contributed by atoms with Crippen molar-refractivity contribution in [1.82, 2.24) is 24.5 Å². The van der Waals surface area contributed by atoms with Gasteiger partial charge < -0.3 is 5.32 Å². The minimum Gasteiger partial charge on any atom is -0.322 e. The highest BCUT2D eigenvalue weighted by Crippen LogP contribution is 2.19. The summed E-state index contributed by atoms with van der Waals surface area (Å²) < 4.78 is 3.62. The van der Waals surface area contributed by atoms with Gasteiger partial charge in [-0.2, -0.15) is 10.2 Å². The molecule has 7 heteroatoms. The third kappa shape index (κ3) is 4.09. The molecule has 1 atom stereocenters. The van der Waals surface area contributed by atoms with Gasteiger partial charge in [-0.05, 0) is 40.0 Å². The Balaban J connectivity index is 1.64. The molecular formula is C20H26N6O. The molecule has 1 unspecified atom stereocenters. The third-order valence-electron chi connectivity index (χ3n) is 4.89. The van der Waals surface area contributed by atoms with Gasteiger partial charge in [0.2, 0.25) is 5.91 Å². The van der Waals surface area contributed by atoms with Crippen LogP contribution in [0.4, 0.5) is 5.69 Å². The van der Waals surface area contributed by atoms with Gasteiger partial charge in [0, 0.05) is 25.4 Å². The van der Waals surface area contributed by atoms with Crippen molar-refractivity contribution in [2.24, 2.45) is 7.05 Å². The molecule has 0 bridgehead atoms. The van der Waals surface area contributed by atoms with Gasteiger partial charge in [-0.25, -0.2) is 4.68 Å². The number of hydrogen-bond acceptors (Lipinski definition) is 4. The van der Waals surface area contributed by atoms with Crippen LogP contribution in [-0.4, -0.2) is 43.5 Å². The topological polar surface area (TPSA) is 68.0 Å². The number of rotatable bonds is 6. The normalized spacial score (nSPS) is 12.4. The van der Waals surface area contributed by atoms with Gasteiger partial charge >= 0.3 is 0 Å². The lowest BCUT2D eigenvalue weighted by atomic mass is 10.2. The summed E-state index contributed by atoms with van der Waals surface area (Å²) in [5.41, 5.74) is 4.62. The highest BCUT2D eigenvalue weighted by atomic mass is 16.2. The van der Waals surface area contributed by atoms with E-state index in [1.165, 1.54) is 0 Å². The quantitative estimate of drug-likeness (QED) is 0.728. The van der Waals surface area contributed by atoms with E-state index in [0.29, 0.717) is 6.54 Å². The van der Waals surface area contributed by atoms with E-state index in [9.17, 15) is 4.79 Å². The highest BCUT2D eigenvalue weighted by molar-refractivity contribution is 5.95. The van der Waals surface area contributed by atoms with Crippen LogP contribution in [0.25, 0.3) is 5.69 Å². The van der Waals surface area contributed by atoms with E-state index >= 15 is 0 Å². The maximum atomic E-state index is 12.7. The number of para-hydroxylation sites is 1. The number of nitrogens with zero attached hydrogens (tertiary/aromatic N) is 5. The number of aryl methyl sites for hydroxylation is 2. The molecule has 142 valence electrons. The zero-order valence-corrected chi connectivity index (χ0v) is 16.5. The van der Waals surface area contributed by atoms with Crippen LogP contribution in [-0.2, 0) is 18.4 Å². The molecule has 2 heterocycles. The Morgan fingerprint density at radius 1 is 1.26 bits per heavy atom. The fraction of sp³-hybridized carbons (Fsp3) is 0.350. The molecule has 0 aliphatic carbocycles. The van der Waals surface area contributed by atoms with Crippen molar-refractivity contribution < 1.29 is 4.79 Å². The Labute approximate surface area is 159 Å². The minimum absolute atomic E-state index is 0.0489. The summed E-state index contributed by atoms with van der Waals surface area (Å²) >= 11 is 0. The zero-order chi connectivity index (χ0) is 19.6. The Bertz CT molecular complexity index is 927. The van der Waals surface area contributed by atoms with E-state index in [4.69, 9.17) is 0 Å². The van der Waals surface area contributed by atoms with Crippen molar-refractivity contribution >= 4 is 11.6 Å². The Morgan fingerprint density at radius 2 is 1.96 bits per heavy atom. The molecule has 7 nitrogen and oxygen atoms in total. The van der Waals surface area contributed by atoms with Gasteiger partial charge in [-0.3, -0.25) is 14.4 Å². The van der Waals surface area contributed by atoms with Gasteiger partial charge in [0.1, 0.15) is 0 Å². The van der Waals surface area contributed by atoms with Crippen LogP contribution in [0.15, 0.2) is 42.7 Å². The number of likely N-dealkylation sites (N-methyl/N-ethyl adjacent to an activating group) is 1. The number of amides is 1. The predicted molar refractivity (Wildman–Crippen MR) is 106 cm³/mol. The molecule has 0 aliphatic heterocycles. The van der Waals surface area contributed by atoms with E-state index in [2.05, 4.69) is 15.5 Å². The lowest BCUT2D eigenvalue weighted by Crippen LogP contribution is -2.39. The fourth-order valence-electron chi connectivity index (χ4n) is 2.97. The second-order valence-corrected chi connectivity index (χ2v) is 6.88. The molecule has 1 amide bonds. The Kier molecular flexibility index (Phi) is 5.41. The van der Waals surface area contributed by atoms with Crippen molar-refractivity contribution in [1.29, 1.82) is 0 Å². The summed E-state index contributed by atoms with van der Waals surface area (Å²) in [7, 11) is 3.81. The van der Waals surface area contributed by atoms with Gasteiger partial charge in [0.05, 0.1) is 35.0 Å². The number of aromatic nitrogens is 4. The summed E-state index contributed by atoms with van der Waals surface area (Å²) in [4.78, 5) is 14.7. The number of carbonyl (C=O) groups excluding carboxylic acids is 1. The van der Waals surface area contributed by atoms with E-state index < -0.39 is 0 Å². The van der Waals surface area contributed by atoms with Crippen molar-refractivity contribution in [2.75, 3.05) is 12.4 Å². The molecule has 0 spiro atoms. The van der Waals surface area contributed by atoms with E-state index in [1.54, 1.807) is 4.68 Å². The first-order valence-electron chi connectivity index (χ1n) is 8.97. The average Bonchev–Trinajstić information content (AvgIpc) is 3.22. The van der Waals surface area contributed by atoms with Crippen molar-refractivity contribution in [3.63, 3.8) is 0 Å². The van der Waals surface area contributed by atoms with Crippen LogP contribution in [0.2, 0.25) is 0 Å². The van der Waals surface area contributed by atoms with Crippen molar-refractivity contribution in [3.05, 3.63) is 59.7 Å². The first-order valence-corrected chi connectivity index (χ1v) is 8.97. The average molecular weight is 366 g/mol. The molecular weight excluding hydrogens is 340 g/mol. The highest BCUT2D eigenvalue weighted by Gasteiger charge is 2.21. The molecule has 3 rings (SSSR count). The molecule has 2 aromatic heterocycles. The summed E-state index contributed by atoms with van der Waals surface area (Å²) in [6.07, 6.45) is 3.83. The maximum Gasteiger partial charge on any atom is 0.241 e. The van der Waals surface area contributed by atoms with Crippen LogP contribution in [0.1, 0.15) is 23.9 Å². The standard InChI is InChI=1S/C20H26N6O/c1-14-19(15(2)25(5)23-14)22-20(27)16(3)24(4)12-17-11-21-26(13-17)18-9-7-6-8-10-18/h6-11,13,16H,12H2,1-5H3,(H,22,27). The van der Waals surface area contributed by atoms with E-state index in [-0.39, 0.29) is 11.9 Å². The first kappa shape index (κ1) is 18.8. The molecule has 0 saturated heterocycles. The van der Waals surface area contributed by atoms with Crippen molar-refractivity contribution in [2.45, 2.75) is 33.4 Å². The maximum absolute atomic E-state index is 12.7. The lowest BCUT2D eigenvalue weighted by Gasteiger charge is -2.23. The number of benzene rings is 1. The van der Waals surface area contributed by atoms with Crippen LogP contribution >= 0.6 is 0 Å². The predicted octanol–water partition coefficient (Wildman–Crippen LogP) is 2.68. The molecule has 0 fully saturated rings. The largest absolute Gasteiger partial charge is 0.322 e. The van der Waals surface area contributed by atoms with Crippen molar-refractivity contribution in [3.8, 4) is 5.69 Å². The number of hydrogen-bond donors (Lipinski definition) is 1. The van der Waals surface area contributed by atoms with E-state index in [0.717, 1.165) is 28.3 Å². The van der Waals surface area contributed by atoms with Crippen LogP contribution in [0.3, 0.4) is 0 Å². The molecule has 1 aromatic carbocycles. The summed E-state index contributed by atoms with van der Waals surface area (Å²) in [6.45, 7) is 6.38. The second kappa shape index (κ2) is 7.75. The molecule has 0 aliphatic rings. The van der Waals surface area contributed by atoms with Crippen LogP contribution < -0.4 is 5.32 Å². The van der Waals surface area contributed by atoms with Gasteiger partial charge in [-0.15, -0.1) is 0 Å². The van der Waals surface area contributed by atoms with Gasteiger partial charge in [0.25, 0.3) is 0 Å². The Morgan fingerprint density at radius 3 is 2.59 bits per heavy atom. The van der Waals surface area contributed by atoms with Gasteiger partial charge in [0.15, 0.2) is 0 Å². The number of nitrogens with one attached hydrogen (secondary N) is 1. The van der Waals surface area contributed by atoms with Crippen LogP contribution in [0, 0.1) is 13.8 Å². The molecule has 0 saturated carbocycles. The fourth-order valence-corrected chi connectivity index (χ4v) is 2.97. The molecule has 1 N–H and O–H groups in total. The molecule has 3 aromatic rings.